The van der Waals surface area contributed by atoms with Crippen molar-refractivity contribution in [3.8, 4) is 11.1 Å². The number of carbonyl (C=O) groups excluding carboxylic acids is 1. The van der Waals surface area contributed by atoms with E-state index in [2.05, 4.69) is 4.98 Å². The molecule has 2 heterocycles. The molecule has 2 aromatic heterocycles. The predicted molar refractivity (Wildman–Crippen MR) is 107 cm³/mol. The van der Waals surface area contributed by atoms with E-state index in [1.165, 1.54) is 7.11 Å². The van der Waals surface area contributed by atoms with E-state index in [-0.39, 0.29) is 17.8 Å². The highest BCUT2D eigenvalue weighted by Crippen LogP contribution is 2.37. The van der Waals surface area contributed by atoms with E-state index < -0.39 is 17.6 Å². The zero-order chi connectivity index (χ0) is 20.5. The van der Waals surface area contributed by atoms with Crippen molar-refractivity contribution in [3.63, 3.8) is 0 Å². The first-order valence-corrected chi connectivity index (χ1v) is 9.06. The van der Waals surface area contributed by atoms with Crippen molar-refractivity contribution >= 4 is 16.9 Å². The molecule has 0 N–H and O–H groups in total. The van der Waals surface area contributed by atoms with Crippen LogP contribution in [-0.2, 0) is 11.3 Å². The molecule has 0 aliphatic rings. The van der Waals surface area contributed by atoms with Gasteiger partial charge in [0.05, 0.1) is 13.7 Å². The first kappa shape index (κ1) is 18.8. The van der Waals surface area contributed by atoms with Gasteiger partial charge in [-0.1, -0.05) is 24.3 Å². The number of halogens is 2. The van der Waals surface area contributed by atoms with Gasteiger partial charge in [-0.05, 0) is 37.3 Å². The predicted octanol–water partition coefficient (Wildman–Crippen LogP) is 5.12. The number of esters is 1. The molecule has 0 saturated carbocycles. The van der Waals surface area contributed by atoms with Crippen LogP contribution in [0.2, 0.25) is 0 Å². The van der Waals surface area contributed by atoms with Crippen LogP contribution < -0.4 is 0 Å². The molecule has 0 atom stereocenters. The SMILES string of the molecule is COC(=O)c1c(-c2cccnc2C)c2ccccc2n1Cc1cc(F)ccc1F. The Balaban J connectivity index is 2.05. The highest BCUT2D eigenvalue weighted by Gasteiger charge is 2.26. The van der Waals surface area contributed by atoms with E-state index in [0.717, 1.165) is 40.4 Å². The van der Waals surface area contributed by atoms with Crippen LogP contribution in [0.1, 0.15) is 21.7 Å². The average Bonchev–Trinajstić information content (AvgIpc) is 3.04. The van der Waals surface area contributed by atoms with Gasteiger partial charge in [0.2, 0.25) is 0 Å². The second kappa shape index (κ2) is 7.47. The third-order valence-electron chi connectivity index (χ3n) is 4.96. The fourth-order valence-corrected chi connectivity index (χ4v) is 3.63. The number of ether oxygens (including phenoxy) is 1. The van der Waals surface area contributed by atoms with Crippen molar-refractivity contribution in [2.24, 2.45) is 0 Å². The number of hydrogen-bond acceptors (Lipinski definition) is 3. The third-order valence-corrected chi connectivity index (χ3v) is 4.96. The lowest BCUT2D eigenvalue weighted by atomic mass is 10.0. The fourth-order valence-electron chi connectivity index (χ4n) is 3.63. The molecule has 0 amide bonds. The molecule has 2 aromatic carbocycles. The third kappa shape index (κ3) is 3.27. The second-order valence-electron chi connectivity index (χ2n) is 6.69. The number of fused-ring (bicyclic) bond motifs is 1. The van der Waals surface area contributed by atoms with Crippen LogP contribution >= 0.6 is 0 Å². The lowest BCUT2D eigenvalue weighted by Crippen LogP contribution is -2.13. The summed E-state index contributed by atoms with van der Waals surface area (Å²) >= 11 is 0. The van der Waals surface area contributed by atoms with E-state index in [9.17, 15) is 13.6 Å². The van der Waals surface area contributed by atoms with Crippen molar-refractivity contribution in [2.45, 2.75) is 13.5 Å². The Kier molecular flexibility index (Phi) is 4.84. The summed E-state index contributed by atoms with van der Waals surface area (Å²) in [5.74, 6) is -1.64. The number of nitrogens with zero attached hydrogens (tertiary/aromatic N) is 2. The minimum Gasteiger partial charge on any atom is -0.464 e. The van der Waals surface area contributed by atoms with Crippen molar-refractivity contribution in [2.75, 3.05) is 7.11 Å². The van der Waals surface area contributed by atoms with Crippen molar-refractivity contribution in [3.05, 3.63) is 89.4 Å². The summed E-state index contributed by atoms with van der Waals surface area (Å²) < 4.78 is 34.8. The molecule has 0 aliphatic carbocycles. The Morgan fingerprint density at radius 2 is 1.90 bits per heavy atom. The zero-order valence-corrected chi connectivity index (χ0v) is 15.9. The minimum atomic E-state index is -0.559. The maximum Gasteiger partial charge on any atom is 0.355 e. The molecular weight excluding hydrogens is 374 g/mol. The summed E-state index contributed by atoms with van der Waals surface area (Å²) in [5, 5.41) is 0.806. The number of benzene rings is 2. The number of methoxy groups -OCH3 is 1. The summed E-state index contributed by atoms with van der Waals surface area (Å²) in [6.45, 7) is 1.84. The summed E-state index contributed by atoms with van der Waals surface area (Å²) in [6.07, 6.45) is 1.68. The number of hydrogen-bond donors (Lipinski definition) is 0. The fraction of sp³-hybridized carbons (Fsp3) is 0.130. The number of aryl methyl sites for hydroxylation is 1. The average molecular weight is 392 g/mol. The lowest BCUT2D eigenvalue weighted by molar-refractivity contribution is 0.0590. The standard InChI is InChI=1S/C23H18F2N2O2/c1-14-17(7-5-11-26-14)21-18-6-3-4-8-20(18)27(22(21)23(28)29-2)13-15-12-16(24)9-10-19(15)25/h3-12H,13H2,1-2H3. The molecule has 0 unspecified atom stereocenters. The van der Waals surface area contributed by atoms with Gasteiger partial charge in [0.25, 0.3) is 0 Å². The van der Waals surface area contributed by atoms with Gasteiger partial charge < -0.3 is 9.30 Å². The number of para-hydroxylation sites is 1. The van der Waals surface area contributed by atoms with E-state index >= 15 is 0 Å². The Hall–Kier alpha value is -3.54. The van der Waals surface area contributed by atoms with Gasteiger partial charge in [-0.25, -0.2) is 13.6 Å². The minimum absolute atomic E-state index is 0.0200. The van der Waals surface area contributed by atoms with E-state index in [4.69, 9.17) is 4.74 Å². The topological polar surface area (TPSA) is 44.1 Å². The molecule has 4 nitrogen and oxygen atoms in total. The van der Waals surface area contributed by atoms with Crippen LogP contribution in [0.15, 0.2) is 60.8 Å². The molecule has 146 valence electrons. The summed E-state index contributed by atoms with van der Waals surface area (Å²) in [6, 6.07) is 14.4. The lowest BCUT2D eigenvalue weighted by Gasteiger charge is -2.12. The Morgan fingerprint density at radius 1 is 1.10 bits per heavy atom. The summed E-state index contributed by atoms with van der Waals surface area (Å²) in [7, 11) is 1.30. The largest absolute Gasteiger partial charge is 0.464 e. The van der Waals surface area contributed by atoms with Gasteiger partial charge in [-0.2, -0.15) is 0 Å². The van der Waals surface area contributed by atoms with Crippen molar-refractivity contribution in [1.82, 2.24) is 9.55 Å². The summed E-state index contributed by atoms with van der Waals surface area (Å²) in [4.78, 5) is 17.2. The van der Waals surface area contributed by atoms with Crippen LogP contribution in [0.3, 0.4) is 0 Å². The molecule has 0 fully saturated rings. The Bertz CT molecular complexity index is 1230. The Labute approximate surface area is 166 Å². The van der Waals surface area contributed by atoms with Gasteiger partial charge in [-0.15, -0.1) is 0 Å². The first-order valence-electron chi connectivity index (χ1n) is 9.06. The van der Waals surface area contributed by atoms with E-state index in [1.54, 1.807) is 16.8 Å². The van der Waals surface area contributed by atoms with Gasteiger partial charge in [-0.3, -0.25) is 4.98 Å². The van der Waals surface area contributed by atoms with Crippen LogP contribution in [0.5, 0.6) is 0 Å². The number of carbonyl (C=O) groups is 1. The van der Waals surface area contributed by atoms with Crippen LogP contribution in [0.25, 0.3) is 22.0 Å². The monoisotopic (exact) mass is 392 g/mol. The molecule has 29 heavy (non-hydrogen) atoms. The highest BCUT2D eigenvalue weighted by molar-refractivity contribution is 6.09. The van der Waals surface area contributed by atoms with Crippen molar-refractivity contribution < 1.29 is 18.3 Å². The summed E-state index contributed by atoms with van der Waals surface area (Å²) in [5.41, 5.74) is 3.32. The van der Waals surface area contributed by atoms with Crippen LogP contribution in [0, 0.1) is 18.6 Å². The second-order valence-corrected chi connectivity index (χ2v) is 6.69. The quantitative estimate of drug-likeness (QED) is 0.453. The zero-order valence-electron chi connectivity index (χ0n) is 15.9. The van der Waals surface area contributed by atoms with Gasteiger partial charge in [0.1, 0.15) is 17.3 Å². The van der Waals surface area contributed by atoms with Gasteiger partial charge in [0, 0.05) is 39.5 Å². The molecule has 0 saturated heterocycles. The first-order chi connectivity index (χ1) is 14.0. The molecule has 4 rings (SSSR count). The smallest absolute Gasteiger partial charge is 0.355 e. The van der Waals surface area contributed by atoms with E-state index in [1.807, 2.05) is 37.3 Å². The molecular formula is C23H18F2N2O2. The van der Waals surface area contributed by atoms with Crippen LogP contribution in [-0.4, -0.2) is 22.6 Å². The van der Waals surface area contributed by atoms with Crippen molar-refractivity contribution in [1.29, 1.82) is 0 Å². The molecule has 4 aromatic rings. The Morgan fingerprint density at radius 3 is 2.66 bits per heavy atom. The number of rotatable bonds is 4. The number of pyridine rings is 1. The van der Waals surface area contributed by atoms with Gasteiger partial charge in [0.15, 0.2) is 0 Å². The maximum absolute atomic E-state index is 14.4. The maximum atomic E-state index is 14.4. The molecule has 0 bridgehead atoms. The number of aromatic nitrogens is 2. The van der Waals surface area contributed by atoms with E-state index in [0.29, 0.717) is 5.56 Å². The van der Waals surface area contributed by atoms with Gasteiger partial charge >= 0.3 is 5.97 Å². The molecule has 6 heteroatoms. The highest BCUT2D eigenvalue weighted by atomic mass is 19.1. The van der Waals surface area contributed by atoms with Crippen LogP contribution in [0.4, 0.5) is 8.78 Å². The molecule has 0 spiro atoms. The molecule has 0 radical (unpaired) electrons. The normalized spacial score (nSPS) is 11.0. The molecule has 0 aliphatic heterocycles.